The zero-order valence-corrected chi connectivity index (χ0v) is 15.4. The third kappa shape index (κ3) is 5.49. The summed E-state index contributed by atoms with van der Waals surface area (Å²) in [6.07, 6.45) is 7.99. The third-order valence-electron chi connectivity index (χ3n) is 4.42. The monoisotopic (exact) mass is 356 g/mol. The molecule has 0 bridgehead atoms. The van der Waals surface area contributed by atoms with Crippen molar-refractivity contribution < 1.29 is 4.74 Å². The second-order valence-corrected chi connectivity index (χ2v) is 6.56. The van der Waals surface area contributed by atoms with Gasteiger partial charge in [-0.05, 0) is 49.7 Å². The van der Waals surface area contributed by atoms with Crippen molar-refractivity contribution in [3.63, 3.8) is 0 Å². The van der Waals surface area contributed by atoms with E-state index in [4.69, 9.17) is 10.5 Å². The molecule has 0 unspecified atom stereocenters. The number of nitrogens with two attached hydrogens (primary N) is 1. The molecular weight excluding hydrogens is 328 g/mol. The van der Waals surface area contributed by atoms with E-state index in [0.29, 0.717) is 19.1 Å². The summed E-state index contributed by atoms with van der Waals surface area (Å²) in [5.41, 5.74) is 6.86. The van der Waals surface area contributed by atoms with Crippen LogP contribution in [-0.4, -0.2) is 45.9 Å². The number of hydrogen-bond acceptors (Lipinski definition) is 6. The van der Waals surface area contributed by atoms with Crippen LogP contribution in [0.3, 0.4) is 0 Å². The van der Waals surface area contributed by atoms with Gasteiger partial charge in [0.25, 0.3) is 0 Å². The second-order valence-electron chi connectivity index (χ2n) is 6.56. The van der Waals surface area contributed by atoms with Crippen molar-refractivity contribution in [3.8, 4) is 5.75 Å². The first-order valence-corrected chi connectivity index (χ1v) is 9.20. The van der Waals surface area contributed by atoms with Gasteiger partial charge in [-0.3, -0.25) is 4.90 Å². The molecule has 1 saturated heterocycles. The summed E-state index contributed by atoms with van der Waals surface area (Å²) < 4.78 is 7.45. The molecule has 0 aliphatic carbocycles. The van der Waals surface area contributed by atoms with Gasteiger partial charge in [-0.15, -0.1) is 5.10 Å². The number of nitrogens with zero attached hydrogens (tertiary/aromatic N) is 4. The molecule has 2 heterocycles. The topological polar surface area (TPSA) is 81.2 Å². The minimum absolute atomic E-state index is 0.270. The number of rotatable bonds is 8. The third-order valence-corrected chi connectivity index (χ3v) is 4.42. The lowest BCUT2D eigenvalue weighted by Crippen LogP contribution is -2.29. The molecule has 1 aromatic carbocycles. The van der Waals surface area contributed by atoms with Crippen LogP contribution < -0.4 is 15.8 Å². The van der Waals surface area contributed by atoms with E-state index in [2.05, 4.69) is 38.5 Å². The number of hydrogen-bond donors (Lipinski definition) is 2. The lowest BCUT2D eigenvalue weighted by Gasteiger charge is -2.26. The molecule has 2 aromatic rings. The van der Waals surface area contributed by atoms with Gasteiger partial charge in [0.2, 0.25) is 11.9 Å². The Labute approximate surface area is 154 Å². The zero-order chi connectivity index (χ0) is 18.2. The summed E-state index contributed by atoms with van der Waals surface area (Å²) in [7, 11) is 1.80. The largest absolute Gasteiger partial charge is 0.490 e. The van der Waals surface area contributed by atoms with E-state index in [1.54, 1.807) is 11.7 Å². The molecule has 0 saturated carbocycles. The van der Waals surface area contributed by atoms with Crippen LogP contribution in [0.1, 0.15) is 24.8 Å². The van der Waals surface area contributed by atoms with Crippen molar-refractivity contribution in [2.45, 2.75) is 25.8 Å². The molecule has 140 valence electrons. The summed E-state index contributed by atoms with van der Waals surface area (Å²) >= 11 is 0. The summed E-state index contributed by atoms with van der Waals surface area (Å²) in [6.45, 7) is 4.61. The summed E-state index contributed by atoms with van der Waals surface area (Å²) in [4.78, 5) is 6.60. The molecule has 1 aliphatic rings. The van der Waals surface area contributed by atoms with Crippen molar-refractivity contribution in [3.05, 3.63) is 42.0 Å². The van der Waals surface area contributed by atoms with Gasteiger partial charge in [-0.2, -0.15) is 4.98 Å². The average molecular weight is 356 g/mol. The lowest BCUT2D eigenvalue weighted by molar-refractivity contribution is 0.220. The van der Waals surface area contributed by atoms with E-state index in [9.17, 15) is 0 Å². The van der Waals surface area contributed by atoms with E-state index in [-0.39, 0.29) is 5.95 Å². The number of piperidine rings is 1. The Balaban J connectivity index is 1.40. The smallest absolute Gasteiger partial charge is 0.241 e. The number of ether oxygens (including phenoxy) is 1. The number of benzene rings is 1. The van der Waals surface area contributed by atoms with Gasteiger partial charge in [0.1, 0.15) is 12.4 Å². The lowest BCUT2D eigenvalue weighted by atomic mass is 10.1. The van der Waals surface area contributed by atoms with E-state index >= 15 is 0 Å². The molecule has 1 aliphatic heterocycles. The van der Waals surface area contributed by atoms with E-state index < -0.39 is 0 Å². The number of nitrogen functional groups attached to an aromatic ring is 1. The van der Waals surface area contributed by atoms with Gasteiger partial charge < -0.3 is 15.8 Å². The van der Waals surface area contributed by atoms with Gasteiger partial charge in [0.05, 0.1) is 0 Å². The number of aromatic nitrogens is 3. The van der Waals surface area contributed by atoms with Crippen LogP contribution in [0.5, 0.6) is 5.75 Å². The highest BCUT2D eigenvalue weighted by molar-refractivity contribution is 5.32. The van der Waals surface area contributed by atoms with Crippen molar-refractivity contribution in [2.75, 3.05) is 37.3 Å². The first kappa shape index (κ1) is 18.3. The number of anilines is 2. The van der Waals surface area contributed by atoms with Crippen LogP contribution in [0.25, 0.3) is 0 Å². The SMILES string of the molecule is Cn1nc(N)nc1NC/C=C\COc1cccc(CN2CCCCC2)c1. The van der Waals surface area contributed by atoms with Crippen LogP contribution in [-0.2, 0) is 13.6 Å². The molecule has 7 nitrogen and oxygen atoms in total. The highest BCUT2D eigenvalue weighted by atomic mass is 16.5. The molecule has 7 heteroatoms. The van der Waals surface area contributed by atoms with Crippen LogP contribution in [0.2, 0.25) is 0 Å². The van der Waals surface area contributed by atoms with Gasteiger partial charge in [0.15, 0.2) is 0 Å². The Kier molecular flexibility index (Phi) is 6.49. The maximum Gasteiger partial charge on any atom is 0.241 e. The Morgan fingerprint density at radius 3 is 2.85 bits per heavy atom. The average Bonchev–Trinajstić information content (AvgIpc) is 2.96. The fourth-order valence-corrected chi connectivity index (χ4v) is 3.11. The molecule has 0 radical (unpaired) electrons. The molecule has 26 heavy (non-hydrogen) atoms. The maximum atomic E-state index is 5.83. The predicted molar refractivity (Wildman–Crippen MR) is 104 cm³/mol. The number of likely N-dealkylation sites (tertiary alicyclic amines) is 1. The van der Waals surface area contributed by atoms with Crippen LogP contribution >= 0.6 is 0 Å². The maximum absolute atomic E-state index is 5.83. The normalized spacial score (nSPS) is 15.4. The van der Waals surface area contributed by atoms with Crippen molar-refractivity contribution in [2.24, 2.45) is 7.05 Å². The van der Waals surface area contributed by atoms with Crippen molar-refractivity contribution in [1.82, 2.24) is 19.7 Å². The fourth-order valence-electron chi connectivity index (χ4n) is 3.11. The predicted octanol–water partition coefficient (Wildman–Crippen LogP) is 2.43. The van der Waals surface area contributed by atoms with Crippen LogP contribution in [0.4, 0.5) is 11.9 Å². The standard InChI is InChI=1S/C19H28N6O/c1-24-19(22-18(20)23-24)21-10-3-6-13-26-17-9-7-8-16(14-17)15-25-11-4-2-5-12-25/h3,6-9,14H,2,4-5,10-13,15H2,1H3,(H3,20,21,22,23)/b6-3-. The zero-order valence-electron chi connectivity index (χ0n) is 15.4. The first-order chi connectivity index (χ1) is 12.7. The van der Waals surface area contributed by atoms with Gasteiger partial charge in [0, 0.05) is 20.1 Å². The fraction of sp³-hybridized carbons (Fsp3) is 0.474. The minimum atomic E-state index is 0.270. The Morgan fingerprint density at radius 1 is 1.23 bits per heavy atom. The van der Waals surface area contributed by atoms with Crippen molar-refractivity contribution in [1.29, 1.82) is 0 Å². The van der Waals surface area contributed by atoms with Gasteiger partial charge >= 0.3 is 0 Å². The molecular formula is C19H28N6O. The molecule has 3 N–H and O–H groups in total. The first-order valence-electron chi connectivity index (χ1n) is 9.20. The molecule has 0 spiro atoms. The highest BCUT2D eigenvalue weighted by Crippen LogP contribution is 2.17. The van der Waals surface area contributed by atoms with Gasteiger partial charge in [-0.1, -0.05) is 24.6 Å². The summed E-state index contributed by atoms with van der Waals surface area (Å²) in [5, 5.41) is 7.13. The summed E-state index contributed by atoms with van der Waals surface area (Å²) in [6, 6.07) is 8.39. The number of aryl methyl sites for hydroxylation is 1. The summed E-state index contributed by atoms with van der Waals surface area (Å²) in [5.74, 6) is 1.84. The van der Waals surface area contributed by atoms with Crippen LogP contribution in [0, 0.1) is 0 Å². The molecule has 1 aromatic heterocycles. The Hall–Kier alpha value is -2.54. The minimum Gasteiger partial charge on any atom is -0.490 e. The van der Waals surface area contributed by atoms with Crippen LogP contribution in [0.15, 0.2) is 36.4 Å². The molecule has 0 atom stereocenters. The highest BCUT2D eigenvalue weighted by Gasteiger charge is 2.10. The van der Waals surface area contributed by atoms with E-state index in [0.717, 1.165) is 12.3 Å². The Bertz CT molecular complexity index is 721. The second kappa shape index (κ2) is 9.24. The van der Waals surface area contributed by atoms with E-state index in [1.165, 1.54) is 37.9 Å². The molecule has 1 fully saturated rings. The quantitative estimate of drug-likeness (QED) is 0.707. The number of nitrogens with one attached hydrogen (secondary N) is 1. The molecule has 3 rings (SSSR count). The van der Waals surface area contributed by atoms with Crippen molar-refractivity contribution >= 4 is 11.9 Å². The van der Waals surface area contributed by atoms with Gasteiger partial charge in [-0.25, -0.2) is 4.68 Å². The Morgan fingerprint density at radius 2 is 2.08 bits per heavy atom. The molecule has 0 amide bonds. The van der Waals surface area contributed by atoms with E-state index in [1.807, 2.05) is 18.2 Å².